The van der Waals surface area contributed by atoms with E-state index in [1.54, 1.807) is 0 Å². The molecule has 15 heavy (non-hydrogen) atoms. The Morgan fingerprint density at radius 2 is 1.80 bits per heavy atom. The number of nitrogens with zero attached hydrogens (tertiary/aromatic N) is 2. The van der Waals surface area contributed by atoms with E-state index in [0.29, 0.717) is 10.8 Å². The minimum absolute atomic E-state index is 0.456. The first-order chi connectivity index (χ1) is 7.00. The largest absolute Gasteiger partial charge is 0.233 e. The van der Waals surface area contributed by atoms with Crippen molar-refractivity contribution in [2.24, 2.45) is 0 Å². The van der Waals surface area contributed by atoms with E-state index in [9.17, 15) is 0 Å². The summed E-state index contributed by atoms with van der Waals surface area (Å²) in [5.41, 5.74) is 4.13. The topological polar surface area (TPSA) is 25.8 Å². The third kappa shape index (κ3) is 1.74. The number of fused-ring (bicyclic) bond motifs is 1. The molecule has 2 nitrogen and oxygen atoms in total. The molecule has 0 saturated heterocycles. The molecule has 2 aromatic heterocycles. The van der Waals surface area contributed by atoms with Crippen molar-refractivity contribution in [2.75, 3.05) is 0 Å². The van der Waals surface area contributed by atoms with E-state index >= 15 is 0 Å². The summed E-state index contributed by atoms with van der Waals surface area (Å²) in [6, 6.07) is 1.97. The van der Waals surface area contributed by atoms with Crippen molar-refractivity contribution in [3.63, 3.8) is 0 Å². The lowest BCUT2D eigenvalue weighted by Gasteiger charge is -2.08. The zero-order valence-electron chi connectivity index (χ0n) is 8.73. The van der Waals surface area contributed by atoms with E-state index in [0.717, 1.165) is 15.6 Å². The molecule has 2 aromatic rings. The van der Waals surface area contributed by atoms with Gasteiger partial charge in [0.15, 0.2) is 5.65 Å². The van der Waals surface area contributed by atoms with E-state index in [1.807, 2.05) is 13.0 Å². The summed E-state index contributed by atoms with van der Waals surface area (Å²) in [5, 5.41) is 1.51. The van der Waals surface area contributed by atoms with E-state index in [-0.39, 0.29) is 0 Å². The molecule has 0 aliphatic heterocycles. The maximum atomic E-state index is 5.93. The molecule has 2 heterocycles. The van der Waals surface area contributed by atoms with E-state index in [1.165, 1.54) is 11.1 Å². The molecule has 0 saturated carbocycles. The van der Waals surface area contributed by atoms with Gasteiger partial charge in [0.2, 0.25) is 0 Å². The lowest BCUT2D eigenvalue weighted by atomic mass is 10.1. The molecule has 0 spiro atoms. The van der Waals surface area contributed by atoms with Crippen molar-refractivity contribution < 1.29 is 0 Å². The molecular weight excluding hydrogens is 275 g/mol. The summed E-state index contributed by atoms with van der Waals surface area (Å²) in [5.74, 6) is 0. The molecule has 0 N–H and O–H groups in total. The predicted octanol–water partition coefficient (Wildman–Crippen LogP) is 3.97. The van der Waals surface area contributed by atoms with Gasteiger partial charge in [0.1, 0.15) is 5.15 Å². The van der Waals surface area contributed by atoms with Gasteiger partial charge < -0.3 is 0 Å². The highest BCUT2D eigenvalue weighted by atomic mass is 79.9. The molecule has 78 valence electrons. The lowest BCUT2D eigenvalue weighted by Crippen LogP contribution is -1.96. The minimum Gasteiger partial charge on any atom is -0.233 e. The predicted molar refractivity (Wildman–Crippen MR) is 66.5 cm³/mol. The first-order valence-electron chi connectivity index (χ1n) is 4.60. The summed E-state index contributed by atoms with van der Waals surface area (Å²) >= 11 is 9.31. The number of rotatable bonds is 0. The molecule has 0 aliphatic rings. The average molecular weight is 286 g/mol. The summed E-state index contributed by atoms with van der Waals surface area (Å²) in [4.78, 5) is 8.67. The van der Waals surface area contributed by atoms with E-state index in [2.05, 4.69) is 39.7 Å². The standard InChI is InChI=1S/C11H10BrClN2/c1-5-6(2)8-4-9(12)10(13)15-11(8)14-7(5)3/h4H,1-3H3. The van der Waals surface area contributed by atoms with Gasteiger partial charge in [0.25, 0.3) is 0 Å². The highest BCUT2D eigenvalue weighted by molar-refractivity contribution is 9.10. The van der Waals surface area contributed by atoms with Gasteiger partial charge in [-0.15, -0.1) is 0 Å². The average Bonchev–Trinajstić information content (AvgIpc) is 2.19. The maximum absolute atomic E-state index is 5.93. The molecular formula is C11H10BrClN2. The zero-order chi connectivity index (χ0) is 11.2. The van der Waals surface area contributed by atoms with Crippen molar-refractivity contribution in [1.29, 1.82) is 0 Å². The van der Waals surface area contributed by atoms with Gasteiger partial charge in [-0.05, 0) is 53.9 Å². The van der Waals surface area contributed by atoms with Crippen LogP contribution >= 0.6 is 27.5 Å². The van der Waals surface area contributed by atoms with Crippen LogP contribution in [0.3, 0.4) is 0 Å². The summed E-state index contributed by atoms with van der Waals surface area (Å²) < 4.78 is 0.810. The fourth-order valence-corrected chi connectivity index (χ4v) is 1.99. The second-order valence-corrected chi connectivity index (χ2v) is 4.79. The Balaban J connectivity index is 2.93. The van der Waals surface area contributed by atoms with Crippen molar-refractivity contribution >= 4 is 38.6 Å². The smallest absolute Gasteiger partial charge is 0.161 e. The van der Waals surface area contributed by atoms with Crippen molar-refractivity contribution in [3.05, 3.63) is 32.5 Å². The van der Waals surface area contributed by atoms with Crippen LogP contribution in [0, 0.1) is 20.8 Å². The first kappa shape index (κ1) is 10.8. The molecule has 0 atom stereocenters. The summed E-state index contributed by atoms with van der Waals surface area (Å²) in [7, 11) is 0. The third-order valence-electron chi connectivity index (χ3n) is 2.70. The maximum Gasteiger partial charge on any atom is 0.161 e. The fourth-order valence-electron chi connectivity index (χ4n) is 1.53. The number of aryl methyl sites for hydroxylation is 2. The third-order valence-corrected chi connectivity index (χ3v) is 3.82. The fraction of sp³-hybridized carbons (Fsp3) is 0.273. The SMILES string of the molecule is Cc1nc2nc(Cl)c(Br)cc2c(C)c1C. The molecule has 0 aliphatic carbocycles. The minimum atomic E-state index is 0.456. The zero-order valence-corrected chi connectivity index (χ0v) is 11.1. The lowest BCUT2D eigenvalue weighted by molar-refractivity contribution is 1.13. The summed E-state index contributed by atoms with van der Waals surface area (Å²) in [6.45, 7) is 6.13. The van der Waals surface area contributed by atoms with Gasteiger partial charge >= 0.3 is 0 Å². The van der Waals surface area contributed by atoms with Crippen LogP contribution in [0.2, 0.25) is 5.15 Å². The van der Waals surface area contributed by atoms with Crippen LogP contribution in [0.5, 0.6) is 0 Å². The Bertz CT molecular complexity index is 547. The van der Waals surface area contributed by atoms with E-state index in [4.69, 9.17) is 11.6 Å². The Morgan fingerprint density at radius 3 is 2.47 bits per heavy atom. The molecule has 0 fully saturated rings. The second kappa shape index (κ2) is 3.72. The molecule has 0 aromatic carbocycles. The molecule has 4 heteroatoms. The molecule has 0 unspecified atom stereocenters. The quantitative estimate of drug-likeness (QED) is 0.685. The van der Waals surface area contributed by atoms with Crippen LogP contribution in [-0.4, -0.2) is 9.97 Å². The summed E-state index contributed by atoms with van der Waals surface area (Å²) in [6.07, 6.45) is 0. The van der Waals surface area contributed by atoms with E-state index < -0.39 is 0 Å². The number of pyridine rings is 2. The normalized spacial score (nSPS) is 11.0. The first-order valence-corrected chi connectivity index (χ1v) is 5.77. The Labute approximate surface area is 102 Å². The highest BCUT2D eigenvalue weighted by Gasteiger charge is 2.09. The van der Waals surface area contributed by atoms with Crippen LogP contribution in [0.25, 0.3) is 11.0 Å². The van der Waals surface area contributed by atoms with Gasteiger partial charge in [0.05, 0.1) is 4.47 Å². The number of halogens is 2. The van der Waals surface area contributed by atoms with Crippen molar-refractivity contribution in [1.82, 2.24) is 9.97 Å². The van der Waals surface area contributed by atoms with Gasteiger partial charge in [-0.25, -0.2) is 9.97 Å². The van der Waals surface area contributed by atoms with Gasteiger partial charge in [-0.3, -0.25) is 0 Å². The number of hydrogen-bond donors (Lipinski definition) is 0. The van der Waals surface area contributed by atoms with Gasteiger partial charge in [-0.2, -0.15) is 0 Å². The van der Waals surface area contributed by atoms with Crippen LogP contribution in [0.15, 0.2) is 10.5 Å². The van der Waals surface area contributed by atoms with Crippen LogP contribution in [0.4, 0.5) is 0 Å². The molecule has 0 amide bonds. The van der Waals surface area contributed by atoms with Gasteiger partial charge in [0, 0.05) is 11.1 Å². The second-order valence-electron chi connectivity index (χ2n) is 3.58. The monoisotopic (exact) mass is 284 g/mol. The Hall–Kier alpha value is -0.670. The van der Waals surface area contributed by atoms with Crippen molar-refractivity contribution in [2.45, 2.75) is 20.8 Å². The van der Waals surface area contributed by atoms with Crippen LogP contribution in [0.1, 0.15) is 16.8 Å². The van der Waals surface area contributed by atoms with Crippen molar-refractivity contribution in [3.8, 4) is 0 Å². The van der Waals surface area contributed by atoms with Gasteiger partial charge in [-0.1, -0.05) is 11.6 Å². The van der Waals surface area contributed by atoms with Crippen LogP contribution in [-0.2, 0) is 0 Å². The molecule has 2 rings (SSSR count). The Kier molecular flexibility index (Phi) is 2.69. The number of aromatic nitrogens is 2. The Morgan fingerprint density at radius 1 is 1.13 bits per heavy atom. The number of hydrogen-bond acceptors (Lipinski definition) is 2. The highest BCUT2D eigenvalue weighted by Crippen LogP contribution is 2.28. The molecule has 0 bridgehead atoms. The van der Waals surface area contributed by atoms with Crippen LogP contribution < -0.4 is 0 Å². The molecule has 0 radical (unpaired) electrons.